The molecule has 0 saturated carbocycles. The summed E-state index contributed by atoms with van der Waals surface area (Å²) in [5.74, 6) is -0.784. The second kappa shape index (κ2) is 22.5. The van der Waals surface area contributed by atoms with Crippen LogP contribution < -0.4 is 0 Å². The molecule has 0 radical (unpaired) electrons. The number of hydrogen-bond donors (Lipinski definition) is 1. The lowest BCUT2D eigenvalue weighted by atomic mass is 9.94. The van der Waals surface area contributed by atoms with Crippen LogP contribution in [0.5, 0.6) is 0 Å². The molecule has 3 aliphatic rings. The molecular weight excluding hydrogens is 650 g/mol. The van der Waals surface area contributed by atoms with Crippen molar-refractivity contribution in [2.45, 2.75) is 211 Å². The number of esters is 1. The van der Waals surface area contributed by atoms with E-state index in [0.29, 0.717) is 26.4 Å². The molecule has 0 spiro atoms. The van der Waals surface area contributed by atoms with Gasteiger partial charge in [0.15, 0.2) is 5.79 Å². The van der Waals surface area contributed by atoms with Crippen molar-refractivity contribution in [1.29, 1.82) is 0 Å². The summed E-state index contributed by atoms with van der Waals surface area (Å²) in [5.41, 5.74) is -1.24. The number of carbonyl (C=O) groups is 2. The molecule has 0 aromatic rings. The van der Waals surface area contributed by atoms with Gasteiger partial charge in [-0.15, -0.1) is 0 Å². The highest BCUT2D eigenvalue weighted by molar-refractivity contribution is 5.81. The molecule has 0 aromatic heterocycles. The number of unbranched alkanes of at least 4 members (excludes halogenated alkanes) is 14. The Balaban J connectivity index is 1.12. The first-order valence-electron chi connectivity index (χ1n) is 20.5. The lowest BCUT2D eigenvalue weighted by Crippen LogP contribution is -2.51. The Morgan fingerprint density at radius 1 is 0.882 bits per heavy atom. The average molecular weight is 724 g/mol. The molecule has 3 fully saturated rings. The molecule has 296 valence electrons. The SMILES string of the molecule is CCOC(=O)/C=C/CCCC[C@@H]1O[C@@]2(CCCCCCCCCCCCCCCOC[C@@H]3COC(C)(C)N3C(=O)OC(C)(C)C)CC[C@H](O)[C@@H]1O2. The van der Waals surface area contributed by atoms with Crippen LogP contribution in [0.4, 0.5) is 4.79 Å². The molecule has 5 atom stereocenters. The molecule has 0 aliphatic carbocycles. The van der Waals surface area contributed by atoms with Crippen LogP contribution in [0.25, 0.3) is 0 Å². The number of rotatable bonds is 25. The normalized spacial score (nSPS) is 25.9. The molecule has 10 nitrogen and oxygen atoms in total. The monoisotopic (exact) mass is 724 g/mol. The highest BCUT2D eigenvalue weighted by atomic mass is 16.8. The Bertz CT molecular complexity index is 1030. The molecule has 51 heavy (non-hydrogen) atoms. The molecule has 3 heterocycles. The van der Waals surface area contributed by atoms with Gasteiger partial charge in [0, 0.05) is 25.5 Å². The standard InChI is InChI=1S/C41H73NO9/c1-7-47-36(44)26-22-18-17-21-25-35-37-34(43)27-29-41(49-35,50-37)28-23-19-15-13-11-9-8-10-12-14-16-20-24-30-46-31-33-32-48-40(5,6)42(33)38(45)51-39(2,3)4/h22,26,33-35,37,43H,7-21,23-25,27-32H2,1-6H3/b26-22+/t33-,34+,35+,37+,41-/m1/s1. The number of ether oxygens (including phenoxy) is 6. The zero-order valence-corrected chi connectivity index (χ0v) is 33.1. The minimum absolute atomic E-state index is 0.0405. The number of allylic oxidation sites excluding steroid dienone is 1. The number of nitrogens with zero attached hydrogens (tertiary/aromatic N) is 1. The Morgan fingerprint density at radius 3 is 2.14 bits per heavy atom. The Labute approximate surface area is 309 Å². The summed E-state index contributed by atoms with van der Waals surface area (Å²) in [5, 5.41) is 10.5. The third-order valence-corrected chi connectivity index (χ3v) is 10.3. The van der Waals surface area contributed by atoms with Gasteiger partial charge in [-0.25, -0.2) is 9.59 Å². The largest absolute Gasteiger partial charge is 0.463 e. The molecule has 3 saturated heterocycles. The minimum atomic E-state index is -0.691. The van der Waals surface area contributed by atoms with Crippen LogP contribution in [0.1, 0.15) is 170 Å². The first-order valence-corrected chi connectivity index (χ1v) is 20.5. The summed E-state index contributed by atoms with van der Waals surface area (Å²) in [6.07, 6.45) is 24.7. The van der Waals surface area contributed by atoms with Gasteiger partial charge in [-0.2, -0.15) is 0 Å². The fraction of sp³-hybridized carbons (Fsp3) is 0.902. The third-order valence-electron chi connectivity index (χ3n) is 10.3. The van der Waals surface area contributed by atoms with Gasteiger partial charge in [-0.05, 0) is 80.1 Å². The smallest absolute Gasteiger partial charge is 0.412 e. The second-order valence-corrected chi connectivity index (χ2v) is 16.4. The third kappa shape index (κ3) is 16.0. The number of aliphatic hydroxyl groups is 1. The minimum Gasteiger partial charge on any atom is -0.463 e. The zero-order valence-electron chi connectivity index (χ0n) is 33.1. The van der Waals surface area contributed by atoms with Gasteiger partial charge in [-0.1, -0.05) is 83.1 Å². The molecule has 1 N–H and O–H groups in total. The summed E-state index contributed by atoms with van der Waals surface area (Å²) in [7, 11) is 0. The van der Waals surface area contributed by atoms with Crippen LogP contribution in [0.2, 0.25) is 0 Å². The van der Waals surface area contributed by atoms with Crippen molar-refractivity contribution in [1.82, 2.24) is 4.90 Å². The number of fused-ring (bicyclic) bond motifs is 2. The van der Waals surface area contributed by atoms with E-state index in [0.717, 1.165) is 57.8 Å². The van der Waals surface area contributed by atoms with E-state index >= 15 is 0 Å². The number of hydrogen-bond acceptors (Lipinski definition) is 9. The Kier molecular flexibility index (Phi) is 19.3. The maximum absolute atomic E-state index is 12.8. The van der Waals surface area contributed by atoms with Crippen LogP contribution in [0.15, 0.2) is 12.2 Å². The molecule has 0 aromatic carbocycles. The summed E-state index contributed by atoms with van der Waals surface area (Å²) >= 11 is 0. The lowest BCUT2D eigenvalue weighted by molar-refractivity contribution is -0.214. The van der Waals surface area contributed by atoms with Crippen LogP contribution in [-0.2, 0) is 33.2 Å². The molecule has 0 unspecified atom stereocenters. The van der Waals surface area contributed by atoms with Gasteiger partial charge >= 0.3 is 12.1 Å². The van der Waals surface area contributed by atoms with Gasteiger partial charge < -0.3 is 33.5 Å². The number of carbonyl (C=O) groups excluding carboxylic acids is 2. The fourth-order valence-corrected chi connectivity index (χ4v) is 7.56. The van der Waals surface area contributed by atoms with Crippen LogP contribution in [-0.4, -0.2) is 90.0 Å². The van der Waals surface area contributed by atoms with E-state index in [-0.39, 0.29) is 30.3 Å². The number of aliphatic hydroxyl groups excluding tert-OH is 1. The van der Waals surface area contributed by atoms with Crippen molar-refractivity contribution in [2.75, 3.05) is 26.4 Å². The van der Waals surface area contributed by atoms with E-state index in [4.69, 9.17) is 28.4 Å². The molecular formula is C41H73NO9. The van der Waals surface area contributed by atoms with E-state index in [9.17, 15) is 14.7 Å². The first-order chi connectivity index (χ1) is 24.4. The molecule has 3 aliphatic heterocycles. The number of amides is 1. The van der Waals surface area contributed by atoms with E-state index in [1.807, 2.05) is 40.7 Å². The predicted octanol–water partition coefficient (Wildman–Crippen LogP) is 9.15. The van der Waals surface area contributed by atoms with E-state index in [1.54, 1.807) is 11.8 Å². The van der Waals surface area contributed by atoms with Crippen LogP contribution in [0, 0.1) is 0 Å². The maximum atomic E-state index is 12.8. The highest BCUT2D eigenvalue weighted by Crippen LogP contribution is 2.44. The van der Waals surface area contributed by atoms with E-state index < -0.39 is 23.2 Å². The Morgan fingerprint density at radius 2 is 1.51 bits per heavy atom. The van der Waals surface area contributed by atoms with Crippen molar-refractivity contribution in [3.05, 3.63) is 12.2 Å². The molecule has 1 amide bonds. The van der Waals surface area contributed by atoms with Crippen LogP contribution in [0.3, 0.4) is 0 Å². The van der Waals surface area contributed by atoms with Gasteiger partial charge in [0.1, 0.15) is 17.4 Å². The van der Waals surface area contributed by atoms with Crippen molar-refractivity contribution in [2.24, 2.45) is 0 Å². The first kappa shape index (κ1) is 43.7. The summed E-state index contributed by atoms with van der Waals surface area (Å²) in [6, 6.07) is -0.123. The summed E-state index contributed by atoms with van der Waals surface area (Å²) in [6.45, 7) is 13.3. The van der Waals surface area contributed by atoms with E-state index in [1.165, 1.54) is 76.7 Å². The van der Waals surface area contributed by atoms with E-state index in [2.05, 4.69) is 0 Å². The van der Waals surface area contributed by atoms with Gasteiger partial charge in [0.2, 0.25) is 0 Å². The molecule has 3 rings (SSSR count). The second-order valence-electron chi connectivity index (χ2n) is 16.4. The van der Waals surface area contributed by atoms with Crippen molar-refractivity contribution < 1.29 is 43.1 Å². The Hall–Kier alpha value is -1.72. The van der Waals surface area contributed by atoms with Crippen molar-refractivity contribution >= 4 is 12.1 Å². The van der Waals surface area contributed by atoms with Gasteiger partial charge in [0.05, 0.1) is 38.1 Å². The van der Waals surface area contributed by atoms with Crippen molar-refractivity contribution in [3.63, 3.8) is 0 Å². The summed E-state index contributed by atoms with van der Waals surface area (Å²) < 4.78 is 35.2. The molecule has 10 heteroatoms. The fourth-order valence-electron chi connectivity index (χ4n) is 7.56. The van der Waals surface area contributed by atoms with Crippen LogP contribution >= 0.6 is 0 Å². The van der Waals surface area contributed by atoms with Crippen molar-refractivity contribution in [3.8, 4) is 0 Å². The quantitative estimate of drug-likeness (QED) is 0.0560. The predicted molar refractivity (Wildman–Crippen MR) is 199 cm³/mol. The zero-order chi connectivity index (χ0) is 37.2. The maximum Gasteiger partial charge on any atom is 0.412 e. The lowest BCUT2D eigenvalue weighted by Gasteiger charge is -2.35. The highest BCUT2D eigenvalue weighted by Gasteiger charge is 2.53. The summed E-state index contributed by atoms with van der Waals surface area (Å²) in [4.78, 5) is 25.9. The molecule has 2 bridgehead atoms. The average Bonchev–Trinajstić information content (AvgIpc) is 3.54. The van der Waals surface area contributed by atoms with Gasteiger partial charge in [0.25, 0.3) is 0 Å². The van der Waals surface area contributed by atoms with Gasteiger partial charge in [-0.3, -0.25) is 4.90 Å². The topological polar surface area (TPSA) is 113 Å².